The first kappa shape index (κ1) is 27.2. The molecule has 0 aromatic heterocycles. The Bertz CT molecular complexity index is 1150. The van der Waals surface area contributed by atoms with Crippen LogP contribution in [0.15, 0.2) is 53.0 Å². The van der Waals surface area contributed by atoms with Crippen molar-refractivity contribution in [3.8, 4) is 0 Å². The molecule has 0 saturated heterocycles. The Labute approximate surface area is 217 Å². The van der Waals surface area contributed by atoms with E-state index in [1.165, 1.54) is 4.90 Å². The highest BCUT2D eigenvalue weighted by Gasteiger charge is 2.33. The number of carbonyl (C=O) groups is 2. The summed E-state index contributed by atoms with van der Waals surface area (Å²) in [5.41, 5.74) is 2.30. The van der Waals surface area contributed by atoms with Gasteiger partial charge in [-0.1, -0.05) is 56.2 Å². The molecule has 1 N–H and O–H groups in total. The quantitative estimate of drug-likeness (QED) is 0.464. The Morgan fingerprint density at radius 3 is 2.31 bits per heavy atom. The van der Waals surface area contributed by atoms with Gasteiger partial charge in [0.05, 0.1) is 11.9 Å². The molecule has 1 saturated carbocycles. The van der Waals surface area contributed by atoms with Gasteiger partial charge in [0, 0.05) is 17.1 Å². The second-order valence-electron chi connectivity index (χ2n) is 9.08. The topological polar surface area (TPSA) is 86.8 Å². The van der Waals surface area contributed by atoms with Crippen LogP contribution in [-0.4, -0.2) is 50.0 Å². The summed E-state index contributed by atoms with van der Waals surface area (Å²) in [6.07, 6.45) is 5.56. The van der Waals surface area contributed by atoms with Crippen molar-refractivity contribution in [2.75, 3.05) is 17.1 Å². The Kier molecular flexibility index (Phi) is 9.35. The largest absolute Gasteiger partial charge is 0.352 e. The van der Waals surface area contributed by atoms with E-state index in [9.17, 15) is 18.0 Å². The summed E-state index contributed by atoms with van der Waals surface area (Å²) >= 11 is 3.40. The van der Waals surface area contributed by atoms with Crippen LogP contribution in [0.1, 0.15) is 50.2 Å². The lowest BCUT2D eigenvalue weighted by molar-refractivity contribution is -0.140. The van der Waals surface area contributed by atoms with Gasteiger partial charge >= 0.3 is 0 Å². The fraction of sp³-hybridized carbons (Fsp3) is 0.462. The third-order valence-corrected chi connectivity index (χ3v) is 8.29. The Morgan fingerprint density at radius 2 is 1.71 bits per heavy atom. The third kappa shape index (κ3) is 7.07. The van der Waals surface area contributed by atoms with Gasteiger partial charge in [0.15, 0.2) is 0 Å². The van der Waals surface area contributed by atoms with E-state index >= 15 is 0 Å². The standard InChI is InChI=1S/C26H34BrN3O4S/c1-4-23(26(32)28-21-13-7-8-14-21)29(17-20-12-6-5-11-19(20)2)25(31)18-30(35(3,33)34)24-16-10-9-15-22(24)27/h5-6,9-12,15-16,21,23H,4,7-8,13-14,17-18H2,1-3H3,(H,28,32)/t23-/m1/s1. The number of nitrogens with zero attached hydrogens (tertiary/aromatic N) is 2. The molecule has 1 aliphatic rings. The second-order valence-corrected chi connectivity index (χ2v) is 11.8. The van der Waals surface area contributed by atoms with Crippen LogP contribution in [0.2, 0.25) is 0 Å². The molecule has 0 spiro atoms. The van der Waals surface area contributed by atoms with E-state index in [1.54, 1.807) is 24.3 Å². The molecular weight excluding hydrogens is 530 g/mol. The number of carbonyl (C=O) groups excluding carboxylic acids is 2. The summed E-state index contributed by atoms with van der Waals surface area (Å²) in [7, 11) is -3.77. The molecule has 2 aromatic rings. The molecule has 2 aromatic carbocycles. The van der Waals surface area contributed by atoms with E-state index < -0.39 is 28.5 Å². The third-order valence-electron chi connectivity index (χ3n) is 6.49. The predicted molar refractivity (Wildman–Crippen MR) is 143 cm³/mol. The molecule has 9 heteroatoms. The Hall–Kier alpha value is -2.39. The van der Waals surface area contributed by atoms with Gasteiger partial charge in [-0.2, -0.15) is 0 Å². The molecule has 0 bridgehead atoms. The van der Waals surface area contributed by atoms with Crippen LogP contribution in [0, 0.1) is 6.92 Å². The number of anilines is 1. The molecular formula is C26H34BrN3O4S. The van der Waals surface area contributed by atoms with Crippen LogP contribution in [-0.2, 0) is 26.2 Å². The molecule has 190 valence electrons. The minimum Gasteiger partial charge on any atom is -0.352 e. The normalized spacial score (nSPS) is 15.0. The van der Waals surface area contributed by atoms with E-state index in [-0.39, 0.29) is 18.5 Å². The van der Waals surface area contributed by atoms with Gasteiger partial charge < -0.3 is 10.2 Å². The van der Waals surface area contributed by atoms with E-state index in [0.717, 1.165) is 47.4 Å². The predicted octanol–water partition coefficient (Wildman–Crippen LogP) is 4.39. The number of rotatable bonds is 10. The first-order valence-electron chi connectivity index (χ1n) is 12.0. The van der Waals surface area contributed by atoms with Crippen LogP contribution in [0.5, 0.6) is 0 Å². The van der Waals surface area contributed by atoms with Gasteiger partial charge in [-0.05, 0) is 65.4 Å². The van der Waals surface area contributed by atoms with Crippen molar-refractivity contribution >= 4 is 43.5 Å². The first-order chi connectivity index (χ1) is 16.6. The lowest BCUT2D eigenvalue weighted by Gasteiger charge is -2.34. The summed E-state index contributed by atoms with van der Waals surface area (Å²) in [6, 6.07) is 14.0. The lowest BCUT2D eigenvalue weighted by atomic mass is 10.1. The van der Waals surface area contributed by atoms with Crippen LogP contribution in [0.25, 0.3) is 0 Å². The van der Waals surface area contributed by atoms with E-state index in [0.29, 0.717) is 16.6 Å². The van der Waals surface area contributed by atoms with Gasteiger partial charge in [-0.3, -0.25) is 13.9 Å². The highest BCUT2D eigenvalue weighted by Crippen LogP contribution is 2.28. The van der Waals surface area contributed by atoms with Gasteiger partial charge in [0.25, 0.3) is 0 Å². The number of benzene rings is 2. The average Bonchev–Trinajstić information content (AvgIpc) is 3.31. The molecule has 3 rings (SSSR count). The summed E-state index contributed by atoms with van der Waals surface area (Å²) in [5.74, 6) is -0.615. The van der Waals surface area contributed by atoms with Crippen LogP contribution in [0.3, 0.4) is 0 Å². The maximum absolute atomic E-state index is 13.8. The Balaban J connectivity index is 1.94. The van der Waals surface area contributed by atoms with Crippen molar-refractivity contribution in [1.82, 2.24) is 10.2 Å². The first-order valence-corrected chi connectivity index (χ1v) is 14.6. The fourth-order valence-electron chi connectivity index (χ4n) is 4.51. The van der Waals surface area contributed by atoms with E-state index in [2.05, 4.69) is 21.2 Å². The van der Waals surface area contributed by atoms with Gasteiger partial charge in [0.1, 0.15) is 12.6 Å². The molecule has 0 unspecified atom stereocenters. The smallest absolute Gasteiger partial charge is 0.244 e. The van der Waals surface area contributed by atoms with Gasteiger partial charge in [-0.15, -0.1) is 0 Å². The summed E-state index contributed by atoms with van der Waals surface area (Å²) in [4.78, 5) is 28.6. The van der Waals surface area contributed by atoms with Gasteiger partial charge in [-0.25, -0.2) is 8.42 Å². The molecule has 0 heterocycles. The lowest BCUT2D eigenvalue weighted by Crippen LogP contribution is -2.53. The molecule has 1 fully saturated rings. The van der Waals surface area contributed by atoms with Crippen molar-refractivity contribution < 1.29 is 18.0 Å². The number of amides is 2. The molecule has 7 nitrogen and oxygen atoms in total. The maximum Gasteiger partial charge on any atom is 0.244 e. The van der Waals surface area contributed by atoms with Crippen molar-refractivity contribution in [2.24, 2.45) is 0 Å². The number of sulfonamides is 1. The molecule has 0 aliphatic heterocycles. The highest BCUT2D eigenvalue weighted by molar-refractivity contribution is 9.10. The maximum atomic E-state index is 13.8. The summed E-state index contributed by atoms with van der Waals surface area (Å²) < 4.78 is 27.1. The minimum absolute atomic E-state index is 0.125. The highest BCUT2D eigenvalue weighted by atomic mass is 79.9. The van der Waals surface area contributed by atoms with Crippen LogP contribution < -0.4 is 9.62 Å². The number of aryl methyl sites for hydroxylation is 1. The molecule has 1 aliphatic carbocycles. The average molecular weight is 565 g/mol. The van der Waals surface area contributed by atoms with E-state index in [1.807, 2.05) is 38.1 Å². The monoisotopic (exact) mass is 563 g/mol. The van der Waals surface area contributed by atoms with Crippen molar-refractivity contribution in [3.05, 3.63) is 64.1 Å². The number of hydrogen-bond donors (Lipinski definition) is 1. The minimum atomic E-state index is -3.77. The second kappa shape index (κ2) is 12.0. The molecule has 2 amide bonds. The van der Waals surface area contributed by atoms with Crippen molar-refractivity contribution in [3.63, 3.8) is 0 Å². The summed E-state index contributed by atoms with van der Waals surface area (Å²) in [5, 5.41) is 3.12. The SMILES string of the molecule is CC[C@H](C(=O)NC1CCCC1)N(Cc1ccccc1C)C(=O)CN(c1ccccc1Br)S(C)(=O)=O. The number of halogens is 1. The molecule has 1 atom stereocenters. The van der Waals surface area contributed by atoms with Crippen molar-refractivity contribution in [1.29, 1.82) is 0 Å². The summed E-state index contributed by atoms with van der Waals surface area (Å²) in [6.45, 7) is 3.65. The zero-order valence-corrected chi connectivity index (χ0v) is 22.9. The van der Waals surface area contributed by atoms with Crippen LogP contribution >= 0.6 is 15.9 Å². The van der Waals surface area contributed by atoms with Crippen LogP contribution in [0.4, 0.5) is 5.69 Å². The zero-order chi connectivity index (χ0) is 25.6. The Morgan fingerprint density at radius 1 is 1.09 bits per heavy atom. The fourth-order valence-corrected chi connectivity index (χ4v) is 5.98. The number of para-hydroxylation sites is 1. The molecule has 35 heavy (non-hydrogen) atoms. The van der Waals surface area contributed by atoms with Gasteiger partial charge in [0.2, 0.25) is 21.8 Å². The number of hydrogen-bond acceptors (Lipinski definition) is 4. The zero-order valence-electron chi connectivity index (χ0n) is 20.5. The number of nitrogens with one attached hydrogen (secondary N) is 1. The molecule has 0 radical (unpaired) electrons. The van der Waals surface area contributed by atoms with E-state index in [4.69, 9.17) is 0 Å². The van der Waals surface area contributed by atoms with Crippen molar-refractivity contribution in [2.45, 2.75) is 64.6 Å².